The van der Waals surface area contributed by atoms with E-state index in [1.54, 1.807) is 6.92 Å². The van der Waals surface area contributed by atoms with Crippen molar-refractivity contribution in [3.8, 4) is 5.75 Å². The van der Waals surface area contributed by atoms with Gasteiger partial charge in [0.15, 0.2) is 6.61 Å². The van der Waals surface area contributed by atoms with Crippen LogP contribution in [0.2, 0.25) is 0 Å². The van der Waals surface area contributed by atoms with Crippen LogP contribution in [0.25, 0.3) is 0 Å². The van der Waals surface area contributed by atoms with Gasteiger partial charge in [-0.1, -0.05) is 0 Å². The number of ether oxygens (including phenoxy) is 1. The van der Waals surface area contributed by atoms with Gasteiger partial charge < -0.3 is 15.2 Å². The van der Waals surface area contributed by atoms with E-state index in [1.165, 1.54) is 36.4 Å². The molecule has 0 aromatic heterocycles. The Bertz CT molecular complexity index is 984. The van der Waals surface area contributed by atoms with Gasteiger partial charge in [0, 0.05) is 0 Å². The summed E-state index contributed by atoms with van der Waals surface area (Å²) in [7, 11) is -3.92. The second-order valence-electron chi connectivity index (χ2n) is 5.44. The summed E-state index contributed by atoms with van der Waals surface area (Å²) >= 11 is 0. The minimum atomic E-state index is -3.92. The Labute approximate surface area is 143 Å². The van der Waals surface area contributed by atoms with Crippen LogP contribution < -0.4 is 14.8 Å². The number of benzene rings is 2. The van der Waals surface area contributed by atoms with Crippen LogP contribution in [0.1, 0.15) is 15.9 Å². The topological polar surface area (TPSA) is 122 Å². The molecule has 0 bridgehead atoms. The fourth-order valence-corrected chi connectivity index (χ4v) is 3.50. The molecule has 0 saturated carbocycles. The van der Waals surface area contributed by atoms with Crippen molar-refractivity contribution in [3.63, 3.8) is 0 Å². The van der Waals surface area contributed by atoms with Crippen molar-refractivity contribution >= 4 is 33.3 Å². The number of amides is 1. The maximum absolute atomic E-state index is 12.6. The molecule has 25 heavy (non-hydrogen) atoms. The quantitative estimate of drug-likeness (QED) is 0.763. The Morgan fingerprint density at radius 2 is 2.00 bits per heavy atom. The molecule has 1 aliphatic rings. The highest BCUT2D eigenvalue weighted by molar-refractivity contribution is 7.92. The summed E-state index contributed by atoms with van der Waals surface area (Å²) in [5.41, 5.74) is 1.08. The molecule has 8 nitrogen and oxygen atoms in total. The molecule has 1 heterocycles. The van der Waals surface area contributed by atoms with E-state index in [2.05, 4.69) is 10.0 Å². The third-order valence-electron chi connectivity index (χ3n) is 3.61. The Morgan fingerprint density at radius 1 is 1.24 bits per heavy atom. The van der Waals surface area contributed by atoms with Crippen LogP contribution in [0.3, 0.4) is 0 Å². The molecule has 0 atom stereocenters. The number of nitrogens with one attached hydrogen (secondary N) is 2. The number of fused-ring (bicyclic) bond motifs is 1. The number of carbonyl (C=O) groups excluding carboxylic acids is 1. The summed E-state index contributed by atoms with van der Waals surface area (Å²) in [6.45, 7) is 1.48. The highest BCUT2D eigenvalue weighted by Crippen LogP contribution is 2.31. The summed E-state index contributed by atoms with van der Waals surface area (Å²) in [5.74, 6) is -1.07. The molecule has 3 N–H and O–H groups in total. The van der Waals surface area contributed by atoms with Crippen molar-refractivity contribution in [2.75, 3.05) is 16.6 Å². The first kappa shape index (κ1) is 16.8. The molecule has 0 unspecified atom stereocenters. The van der Waals surface area contributed by atoms with Gasteiger partial charge in [0.1, 0.15) is 5.75 Å². The van der Waals surface area contributed by atoms with Gasteiger partial charge in [-0.3, -0.25) is 9.52 Å². The third-order valence-corrected chi connectivity index (χ3v) is 4.98. The first-order chi connectivity index (χ1) is 11.8. The standard InChI is InChI=1S/C16H14N2O6S/c1-9-6-10(16(20)21)2-4-12(9)18-25(22,23)11-3-5-14-13(7-11)17-15(19)8-24-14/h2-7,18H,8H2,1H3,(H,17,19)(H,20,21). The highest BCUT2D eigenvalue weighted by Gasteiger charge is 2.21. The lowest BCUT2D eigenvalue weighted by Gasteiger charge is -2.19. The van der Waals surface area contributed by atoms with Crippen molar-refractivity contribution in [1.82, 2.24) is 0 Å². The van der Waals surface area contributed by atoms with Gasteiger partial charge in [0.2, 0.25) is 0 Å². The van der Waals surface area contributed by atoms with E-state index >= 15 is 0 Å². The molecule has 0 saturated heterocycles. The zero-order valence-electron chi connectivity index (χ0n) is 13.1. The molecular weight excluding hydrogens is 348 g/mol. The van der Waals surface area contributed by atoms with Gasteiger partial charge in [-0.15, -0.1) is 0 Å². The number of carboxylic acids is 1. The Hall–Kier alpha value is -3.07. The van der Waals surface area contributed by atoms with Crippen LogP contribution in [-0.2, 0) is 14.8 Å². The van der Waals surface area contributed by atoms with Gasteiger partial charge >= 0.3 is 5.97 Å². The Balaban J connectivity index is 1.91. The number of aryl methyl sites for hydroxylation is 1. The van der Waals surface area contributed by atoms with Crippen molar-refractivity contribution in [3.05, 3.63) is 47.5 Å². The number of aromatic carboxylic acids is 1. The minimum absolute atomic E-state index is 0.0567. The fourth-order valence-electron chi connectivity index (χ4n) is 2.34. The van der Waals surface area contributed by atoms with E-state index < -0.39 is 16.0 Å². The molecule has 1 aliphatic heterocycles. The summed E-state index contributed by atoms with van der Waals surface area (Å²) in [4.78, 5) is 22.3. The summed E-state index contributed by atoms with van der Waals surface area (Å²) < 4.78 is 32.7. The predicted octanol–water partition coefficient (Wildman–Crippen LogP) is 1.82. The summed E-state index contributed by atoms with van der Waals surface area (Å²) in [6.07, 6.45) is 0. The van der Waals surface area contributed by atoms with E-state index in [0.717, 1.165) is 0 Å². The van der Waals surface area contributed by atoms with Gasteiger partial charge in [0.05, 0.1) is 21.8 Å². The molecule has 2 aromatic rings. The largest absolute Gasteiger partial charge is 0.482 e. The summed E-state index contributed by atoms with van der Waals surface area (Å²) in [5, 5.41) is 11.5. The van der Waals surface area contributed by atoms with E-state index in [9.17, 15) is 18.0 Å². The average molecular weight is 362 g/mol. The lowest BCUT2D eigenvalue weighted by atomic mass is 10.1. The minimum Gasteiger partial charge on any atom is -0.482 e. The second-order valence-corrected chi connectivity index (χ2v) is 7.12. The van der Waals surface area contributed by atoms with Crippen molar-refractivity contribution in [2.24, 2.45) is 0 Å². The van der Waals surface area contributed by atoms with Crippen molar-refractivity contribution in [1.29, 1.82) is 0 Å². The third kappa shape index (κ3) is 3.41. The van der Waals surface area contributed by atoms with Crippen molar-refractivity contribution < 1.29 is 27.9 Å². The van der Waals surface area contributed by atoms with Crippen LogP contribution >= 0.6 is 0 Å². The molecule has 0 aliphatic carbocycles. The molecule has 0 fully saturated rings. The molecule has 9 heteroatoms. The normalized spacial score (nSPS) is 13.4. The molecular formula is C16H14N2O6S. The molecule has 0 spiro atoms. The zero-order valence-corrected chi connectivity index (χ0v) is 13.9. The Morgan fingerprint density at radius 3 is 2.68 bits per heavy atom. The molecule has 3 rings (SSSR count). The molecule has 0 radical (unpaired) electrons. The van der Waals surface area contributed by atoms with Gasteiger partial charge in [-0.05, 0) is 48.9 Å². The number of sulfonamides is 1. The van der Waals surface area contributed by atoms with Crippen LogP contribution in [0.5, 0.6) is 5.75 Å². The average Bonchev–Trinajstić information content (AvgIpc) is 2.55. The number of anilines is 2. The molecule has 130 valence electrons. The van der Waals surface area contributed by atoms with E-state index in [-0.39, 0.29) is 34.3 Å². The van der Waals surface area contributed by atoms with Gasteiger partial charge in [-0.25, -0.2) is 13.2 Å². The predicted molar refractivity (Wildman–Crippen MR) is 89.5 cm³/mol. The monoisotopic (exact) mass is 362 g/mol. The SMILES string of the molecule is Cc1cc(C(=O)O)ccc1NS(=O)(=O)c1ccc2c(c1)NC(=O)CO2. The Kier molecular flexibility index (Phi) is 4.09. The number of hydrogen-bond acceptors (Lipinski definition) is 5. The van der Waals surface area contributed by atoms with E-state index in [0.29, 0.717) is 11.3 Å². The maximum Gasteiger partial charge on any atom is 0.335 e. The first-order valence-electron chi connectivity index (χ1n) is 7.20. The van der Waals surface area contributed by atoms with Gasteiger partial charge in [0.25, 0.3) is 15.9 Å². The van der Waals surface area contributed by atoms with Crippen molar-refractivity contribution in [2.45, 2.75) is 11.8 Å². The maximum atomic E-state index is 12.6. The number of rotatable bonds is 4. The number of hydrogen-bond donors (Lipinski definition) is 3. The first-order valence-corrected chi connectivity index (χ1v) is 8.68. The van der Waals surface area contributed by atoms with Gasteiger partial charge in [-0.2, -0.15) is 0 Å². The van der Waals surface area contributed by atoms with Crippen LogP contribution in [0.4, 0.5) is 11.4 Å². The van der Waals surface area contributed by atoms with Crippen LogP contribution in [-0.4, -0.2) is 32.0 Å². The number of carbonyl (C=O) groups is 2. The fraction of sp³-hybridized carbons (Fsp3) is 0.125. The lowest BCUT2D eigenvalue weighted by Crippen LogP contribution is -2.25. The molecule has 1 amide bonds. The number of carboxylic acid groups (broad SMARTS) is 1. The zero-order chi connectivity index (χ0) is 18.2. The lowest BCUT2D eigenvalue weighted by molar-refractivity contribution is -0.118. The van der Waals surface area contributed by atoms with E-state index in [4.69, 9.17) is 9.84 Å². The summed E-state index contributed by atoms with van der Waals surface area (Å²) in [6, 6.07) is 8.20. The van der Waals surface area contributed by atoms with Crippen LogP contribution in [0, 0.1) is 6.92 Å². The van der Waals surface area contributed by atoms with Crippen LogP contribution in [0.15, 0.2) is 41.3 Å². The second kappa shape index (κ2) is 6.10. The van der Waals surface area contributed by atoms with E-state index in [1.807, 2.05) is 0 Å². The highest BCUT2D eigenvalue weighted by atomic mass is 32.2. The smallest absolute Gasteiger partial charge is 0.335 e. The molecule has 2 aromatic carbocycles.